The van der Waals surface area contributed by atoms with Gasteiger partial charge < -0.3 is 15.4 Å². The van der Waals surface area contributed by atoms with Crippen LogP contribution in [-0.4, -0.2) is 42.6 Å². The van der Waals surface area contributed by atoms with Crippen molar-refractivity contribution in [1.82, 2.24) is 4.90 Å². The molecule has 1 heterocycles. The van der Waals surface area contributed by atoms with Crippen LogP contribution < -0.4 is 5.73 Å². The molecule has 4 nitrogen and oxygen atoms in total. The van der Waals surface area contributed by atoms with Crippen LogP contribution in [-0.2, 0) is 9.53 Å². The molecule has 1 unspecified atom stereocenters. The molecule has 4 heteroatoms. The Hall–Kier alpha value is -0.610. The Kier molecular flexibility index (Phi) is 5.40. The third kappa shape index (κ3) is 3.42. The van der Waals surface area contributed by atoms with Crippen molar-refractivity contribution in [3.05, 3.63) is 0 Å². The summed E-state index contributed by atoms with van der Waals surface area (Å²) in [5.74, 6) is 0.578. The Morgan fingerprint density at radius 1 is 1.41 bits per heavy atom. The lowest BCUT2D eigenvalue weighted by Gasteiger charge is -2.33. The van der Waals surface area contributed by atoms with E-state index in [1.54, 1.807) is 0 Å². The molecule has 0 bridgehead atoms. The zero-order chi connectivity index (χ0) is 12.9. The van der Waals surface area contributed by atoms with Crippen LogP contribution in [0.3, 0.4) is 0 Å². The normalized spacial score (nSPS) is 20.6. The fourth-order valence-electron chi connectivity index (χ4n) is 2.26. The SMILES string of the molecule is CCN(CC1CCOC1)C(=O)C(N)(CC)CC. The van der Waals surface area contributed by atoms with Crippen molar-refractivity contribution in [1.29, 1.82) is 0 Å². The first-order valence-corrected chi connectivity index (χ1v) is 6.73. The first-order valence-electron chi connectivity index (χ1n) is 6.73. The lowest BCUT2D eigenvalue weighted by Crippen LogP contribution is -2.55. The maximum absolute atomic E-state index is 12.4. The minimum atomic E-state index is -0.685. The van der Waals surface area contributed by atoms with Gasteiger partial charge in [0.2, 0.25) is 5.91 Å². The molecule has 0 spiro atoms. The lowest BCUT2D eigenvalue weighted by atomic mass is 9.92. The molecular formula is C13H26N2O2. The van der Waals surface area contributed by atoms with E-state index in [1.807, 2.05) is 25.7 Å². The zero-order valence-electron chi connectivity index (χ0n) is 11.4. The summed E-state index contributed by atoms with van der Waals surface area (Å²) in [6, 6.07) is 0. The van der Waals surface area contributed by atoms with Crippen LogP contribution in [0.15, 0.2) is 0 Å². The molecule has 100 valence electrons. The van der Waals surface area contributed by atoms with Gasteiger partial charge in [0.05, 0.1) is 12.1 Å². The van der Waals surface area contributed by atoms with Crippen LogP contribution in [0.1, 0.15) is 40.0 Å². The molecule has 2 N–H and O–H groups in total. The monoisotopic (exact) mass is 242 g/mol. The molecule has 0 aromatic heterocycles. The predicted molar refractivity (Wildman–Crippen MR) is 68.7 cm³/mol. The molecule has 1 rings (SSSR count). The van der Waals surface area contributed by atoms with E-state index in [9.17, 15) is 4.79 Å². The smallest absolute Gasteiger partial charge is 0.242 e. The minimum absolute atomic E-state index is 0.0944. The number of ether oxygens (including phenoxy) is 1. The van der Waals surface area contributed by atoms with E-state index in [4.69, 9.17) is 10.5 Å². The molecule has 1 fully saturated rings. The van der Waals surface area contributed by atoms with Gasteiger partial charge in [-0.15, -0.1) is 0 Å². The molecule has 0 aromatic rings. The van der Waals surface area contributed by atoms with Gasteiger partial charge in [0.15, 0.2) is 0 Å². The van der Waals surface area contributed by atoms with E-state index < -0.39 is 5.54 Å². The van der Waals surface area contributed by atoms with Gasteiger partial charge in [-0.2, -0.15) is 0 Å². The Morgan fingerprint density at radius 3 is 2.47 bits per heavy atom. The zero-order valence-corrected chi connectivity index (χ0v) is 11.4. The highest BCUT2D eigenvalue weighted by atomic mass is 16.5. The van der Waals surface area contributed by atoms with Crippen molar-refractivity contribution in [2.24, 2.45) is 11.7 Å². The molecule has 1 saturated heterocycles. The summed E-state index contributed by atoms with van der Waals surface area (Å²) < 4.78 is 5.35. The number of nitrogens with zero attached hydrogens (tertiary/aromatic N) is 1. The summed E-state index contributed by atoms with van der Waals surface area (Å²) in [6.07, 6.45) is 2.44. The Balaban J connectivity index is 2.62. The number of likely N-dealkylation sites (N-methyl/N-ethyl adjacent to an activating group) is 1. The van der Waals surface area contributed by atoms with Gasteiger partial charge in [-0.3, -0.25) is 4.79 Å². The Bertz CT molecular complexity index is 246. The molecular weight excluding hydrogens is 216 g/mol. The number of rotatable bonds is 6. The Morgan fingerprint density at radius 2 is 2.06 bits per heavy atom. The summed E-state index contributed by atoms with van der Waals surface area (Å²) in [4.78, 5) is 14.3. The topological polar surface area (TPSA) is 55.6 Å². The van der Waals surface area contributed by atoms with Gasteiger partial charge in [0.1, 0.15) is 0 Å². The third-order valence-corrected chi connectivity index (χ3v) is 3.86. The minimum Gasteiger partial charge on any atom is -0.381 e. The second-order valence-electron chi connectivity index (χ2n) is 4.94. The summed E-state index contributed by atoms with van der Waals surface area (Å²) in [5, 5.41) is 0. The maximum Gasteiger partial charge on any atom is 0.242 e. The van der Waals surface area contributed by atoms with Crippen molar-refractivity contribution < 1.29 is 9.53 Å². The van der Waals surface area contributed by atoms with E-state index in [2.05, 4.69) is 0 Å². The molecule has 1 amide bonds. The first kappa shape index (κ1) is 14.5. The fraction of sp³-hybridized carbons (Fsp3) is 0.923. The highest BCUT2D eigenvalue weighted by molar-refractivity contribution is 5.86. The first-order chi connectivity index (χ1) is 8.07. The van der Waals surface area contributed by atoms with E-state index in [0.29, 0.717) is 18.8 Å². The second kappa shape index (κ2) is 6.36. The molecule has 0 radical (unpaired) electrons. The number of hydrogen-bond acceptors (Lipinski definition) is 3. The average Bonchev–Trinajstić information content (AvgIpc) is 2.87. The van der Waals surface area contributed by atoms with E-state index in [1.165, 1.54) is 0 Å². The summed E-state index contributed by atoms with van der Waals surface area (Å²) in [7, 11) is 0. The van der Waals surface area contributed by atoms with Crippen molar-refractivity contribution in [3.63, 3.8) is 0 Å². The van der Waals surface area contributed by atoms with E-state index in [0.717, 1.165) is 32.7 Å². The van der Waals surface area contributed by atoms with Crippen LogP contribution in [0, 0.1) is 5.92 Å². The van der Waals surface area contributed by atoms with Gasteiger partial charge >= 0.3 is 0 Å². The number of carbonyl (C=O) groups is 1. The maximum atomic E-state index is 12.4. The molecule has 1 atom stereocenters. The van der Waals surface area contributed by atoms with Gasteiger partial charge in [-0.05, 0) is 26.2 Å². The number of carbonyl (C=O) groups excluding carboxylic acids is 1. The standard InChI is InChI=1S/C13H26N2O2/c1-4-13(14,5-2)12(16)15(6-3)9-11-7-8-17-10-11/h11H,4-10,14H2,1-3H3. The lowest BCUT2D eigenvalue weighted by molar-refractivity contribution is -0.137. The highest BCUT2D eigenvalue weighted by Gasteiger charge is 2.34. The molecule has 17 heavy (non-hydrogen) atoms. The summed E-state index contributed by atoms with van der Waals surface area (Å²) in [5.41, 5.74) is 5.48. The van der Waals surface area contributed by atoms with Crippen molar-refractivity contribution in [3.8, 4) is 0 Å². The van der Waals surface area contributed by atoms with Gasteiger partial charge in [0.25, 0.3) is 0 Å². The predicted octanol–water partition coefficient (Wildman–Crippen LogP) is 1.39. The largest absolute Gasteiger partial charge is 0.381 e. The van der Waals surface area contributed by atoms with Crippen LogP contribution in [0.4, 0.5) is 0 Å². The second-order valence-corrected chi connectivity index (χ2v) is 4.94. The fourth-order valence-corrected chi connectivity index (χ4v) is 2.26. The van der Waals surface area contributed by atoms with E-state index in [-0.39, 0.29) is 5.91 Å². The third-order valence-electron chi connectivity index (χ3n) is 3.86. The van der Waals surface area contributed by atoms with E-state index >= 15 is 0 Å². The number of nitrogens with two attached hydrogens (primary N) is 1. The number of amides is 1. The molecule has 0 saturated carbocycles. The van der Waals surface area contributed by atoms with Gasteiger partial charge in [-0.25, -0.2) is 0 Å². The van der Waals surface area contributed by atoms with Crippen LogP contribution in [0.25, 0.3) is 0 Å². The van der Waals surface area contributed by atoms with Crippen LogP contribution in [0.2, 0.25) is 0 Å². The van der Waals surface area contributed by atoms with Crippen LogP contribution in [0.5, 0.6) is 0 Å². The number of hydrogen-bond donors (Lipinski definition) is 1. The molecule has 0 aliphatic carbocycles. The highest BCUT2D eigenvalue weighted by Crippen LogP contribution is 2.19. The Labute approximate surface area is 104 Å². The average molecular weight is 242 g/mol. The van der Waals surface area contributed by atoms with Crippen molar-refractivity contribution in [2.75, 3.05) is 26.3 Å². The van der Waals surface area contributed by atoms with Gasteiger partial charge in [-0.1, -0.05) is 13.8 Å². The molecule has 0 aromatic carbocycles. The molecule has 1 aliphatic rings. The molecule has 1 aliphatic heterocycles. The van der Waals surface area contributed by atoms with Crippen molar-refractivity contribution >= 4 is 5.91 Å². The van der Waals surface area contributed by atoms with Crippen molar-refractivity contribution in [2.45, 2.75) is 45.6 Å². The van der Waals surface area contributed by atoms with Crippen LogP contribution >= 0.6 is 0 Å². The summed E-state index contributed by atoms with van der Waals surface area (Å²) >= 11 is 0. The van der Waals surface area contributed by atoms with Gasteiger partial charge in [0, 0.05) is 25.6 Å². The quantitative estimate of drug-likeness (QED) is 0.765. The summed E-state index contributed by atoms with van der Waals surface area (Å²) in [6.45, 7) is 9.09.